The van der Waals surface area contributed by atoms with E-state index in [0.717, 1.165) is 24.3 Å². The van der Waals surface area contributed by atoms with Crippen molar-refractivity contribution < 1.29 is 22.9 Å². The number of nitrogens with one attached hydrogen (secondary N) is 1. The van der Waals surface area contributed by atoms with Crippen molar-refractivity contribution in [2.45, 2.75) is 6.18 Å². The van der Waals surface area contributed by atoms with Crippen LogP contribution >= 0.6 is 0 Å². The molecule has 0 spiro atoms. The lowest BCUT2D eigenvalue weighted by Gasteiger charge is -2.09. The zero-order valence-corrected chi connectivity index (χ0v) is 12.9. The standard InChI is InChI=1S/C17H10F3N3O3/c18-17(19,20)13-5-3-6-14(9-13)22-16(24)12(10-21)8-11-4-1-2-7-15(11)23(25)26/h1-9H,(H,22,24)/b12-8+. The lowest BCUT2D eigenvalue weighted by molar-refractivity contribution is -0.385. The second-order valence-electron chi connectivity index (χ2n) is 5.02. The molecule has 0 heterocycles. The Hall–Kier alpha value is -3.67. The van der Waals surface area contributed by atoms with E-state index < -0.39 is 28.1 Å². The van der Waals surface area contributed by atoms with Crippen LogP contribution in [0.5, 0.6) is 0 Å². The van der Waals surface area contributed by atoms with Gasteiger partial charge in [-0.3, -0.25) is 14.9 Å². The molecule has 0 aliphatic carbocycles. The molecule has 2 rings (SSSR count). The number of carbonyl (C=O) groups is 1. The number of halogens is 3. The molecule has 0 unspecified atom stereocenters. The Morgan fingerprint density at radius 2 is 1.88 bits per heavy atom. The van der Waals surface area contributed by atoms with E-state index in [4.69, 9.17) is 5.26 Å². The predicted molar refractivity (Wildman–Crippen MR) is 86.8 cm³/mol. The van der Waals surface area contributed by atoms with Gasteiger partial charge in [-0.15, -0.1) is 0 Å². The maximum Gasteiger partial charge on any atom is 0.416 e. The number of hydrogen-bond donors (Lipinski definition) is 1. The Morgan fingerprint density at radius 3 is 2.50 bits per heavy atom. The zero-order valence-electron chi connectivity index (χ0n) is 12.9. The summed E-state index contributed by atoms with van der Waals surface area (Å²) in [5, 5.41) is 22.3. The predicted octanol–water partition coefficient (Wildman–Crippen LogP) is 4.16. The second-order valence-corrected chi connectivity index (χ2v) is 5.02. The minimum Gasteiger partial charge on any atom is -0.321 e. The summed E-state index contributed by atoms with van der Waals surface area (Å²) >= 11 is 0. The monoisotopic (exact) mass is 361 g/mol. The van der Waals surface area contributed by atoms with Crippen molar-refractivity contribution in [1.29, 1.82) is 5.26 Å². The fraction of sp³-hybridized carbons (Fsp3) is 0.0588. The summed E-state index contributed by atoms with van der Waals surface area (Å²) in [5.74, 6) is -0.982. The minimum absolute atomic E-state index is 0.0215. The highest BCUT2D eigenvalue weighted by molar-refractivity contribution is 6.09. The van der Waals surface area contributed by atoms with E-state index in [1.54, 1.807) is 6.07 Å². The Kier molecular flexibility index (Phi) is 5.37. The van der Waals surface area contributed by atoms with E-state index in [9.17, 15) is 28.1 Å². The number of para-hydroxylation sites is 1. The highest BCUT2D eigenvalue weighted by Gasteiger charge is 2.30. The molecule has 0 radical (unpaired) electrons. The quantitative estimate of drug-likeness (QED) is 0.383. The number of nitro groups is 1. The Morgan fingerprint density at radius 1 is 1.19 bits per heavy atom. The molecule has 0 fully saturated rings. The van der Waals surface area contributed by atoms with E-state index in [2.05, 4.69) is 5.32 Å². The molecule has 0 saturated carbocycles. The molecule has 0 atom stereocenters. The van der Waals surface area contributed by atoms with Gasteiger partial charge in [0.15, 0.2) is 0 Å². The fourth-order valence-corrected chi connectivity index (χ4v) is 2.05. The van der Waals surface area contributed by atoms with Gasteiger partial charge in [0, 0.05) is 11.8 Å². The number of hydrogen-bond acceptors (Lipinski definition) is 4. The number of carbonyl (C=O) groups excluding carboxylic acids is 1. The van der Waals surface area contributed by atoms with Gasteiger partial charge in [-0.1, -0.05) is 18.2 Å². The smallest absolute Gasteiger partial charge is 0.321 e. The van der Waals surface area contributed by atoms with E-state index in [1.165, 1.54) is 30.3 Å². The number of amides is 1. The van der Waals surface area contributed by atoms with Gasteiger partial charge < -0.3 is 5.32 Å². The maximum atomic E-state index is 12.7. The average molecular weight is 361 g/mol. The molecular formula is C17H10F3N3O3. The lowest BCUT2D eigenvalue weighted by Crippen LogP contribution is -2.14. The SMILES string of the molecule is N#C/C(=C\c1ccccc1[N+](=O)[O-])C(=O)Nc1cccc(C(F)(F)F)c1. The van der Waals surface area contributed by atoms with Gasteiger partial charge in [-0.2, -0.15) is 18.4 Å². The Balaban J connectivity index is 2.31. The van der Waals surface area contributed by atoms with Crippen LogP contribution in [0.4, 0.5) is 24.5 Å². The first kappa shape index (κ1) is 18.7. The third kappa shape index (κ3) is 4.45. The topological polar surface area (TPSA) is 96.0 Å². The number of rotatable bonds is 4. The van der Waals surface area contributed by atoms with Gasteiger partial charge in [-0.25, -0.2) is 0 Å². The molecule has 0 aliphatic rings. The molecule has 26 heavy (non-hydrogen) atoms. The number of nitrogens with zero attached hydrogens (tertiary/aromatic N) is 2. The van der Waals surface area contributed by atoms with Crippen LogP contribution in [0.15, 0.2) is 54.1 Å². The maximum absolute atomic E-state index is 12.7. The van der Waals surface area contributed by atoms with Crippen molar-refractivity contribution in [3.05, 3.63) is 75.3 Å². The highest BCUT2D eigenvalue weighted by atomic mass is 19.4. The molecule has 0 aromatic heterocycles. The Bertz CT molecular complexity index is 931. The van der Waals surface area contributed by atoms with Crippen LogP contribution in [0.2, 0.25) is 0 Å². The summed E-state index contributed by atoms with van der Waals surface area (Å²) in [6.45, 7) is 0. The minimum atomic E-state index is -4.58. The molecule has 6 nitrogen and oxygen atoms in total. The van der Waals surface area contributed by atoms with E-state index in [-0.39, 0.29) is 16.9 Å². The van der Waals surface area contributed by atoms with E-state index in [0.29, 0.717) is 0 Å². The summed E-state index contributed by atoms with van der Waals surface area (Å²) in [4.78, 5) is 22.4. The molecule has 2 aromatic carbocycles. The number of nitriles is 1. The zero-order chi connectivity index (χ0) is 19.3. The van der Waals surface area contributed by atoms with Crippen molar-refractivity contribution in [2.24, 2.45) is 0 Å². The highest BCUT2D eigenvalue weighted by Crippen LogP contribution is 2.30. The molecule has 9 heteroatoms. The van der Waals surface area contributed by atoms with E-state index in [1.807, 2.05) is 0 Å². The summed E-state index contributed by atoms with van der Waals surface area (Å²) in [6, 6.07) is 10.9. The number of alkyl halides is 3. The molecule has 0 aliphatic heterocycles. The van der Waals surface area contributed by atoms with Crippen LogP contribution < -0.4 is 5.32 Å². The van der Waals surface area contributed by atoms with Gasteiger partial charge in [0.2, 0.25) is 0 Å². The molecule has 1 N–H and O–H groups in total. The first-order valence-electron chi connectivity index (χ1n) is 7.06. The van der Waals surface area contributed by atoms with Gasteiger partial charge in [0.05, 0.1) is 16.1 Å². The molecular weight excluding hydrogens is 351 g/mol. The van der Waals surface area contributed by atoms with Gasteiger partial charge in [0.1, 0.15) is 11.6 Å². The normalized spacial score (nSPS) is 11.5. The summed E-state index contributed by atoms with van der Waals surface area (Å²) < 4.78 is 38.1. The van der Waals surface area contributed by atoms with E-state index >= 15 is 0 Å². The van der Waals surface area contributed by atoms with Crippen molar-refractivity contribution in [1.82, 2.24) is 0 Å². The van der Waals surface area contributed by atoms with Crippen molar-refractivity contribution in [3.63, 3.8) is 0 Å². The van der Waals surface area contributed by atoms with Crippen molar-refractivity contribution in [2.75, 3.05) is 5.32 Å². The third-order valence-corrected chi connectivity index (χ3v) is 3.25. The number of benzene rings is 2. The molecule has 0 bridgehead atoms. The molecule has 0 saturated heterocycles. The molecule has 1 amide bonds. The van der Waals surface area contributed by atoms with Gasteiger partial charge in [0.25, 0.3) is 11.6 Å². The van der Waals surface area contributed by atoms with Gasteiger partial charge >= 0.3 is 6.18 Å². The molecule has 132 valence electrons. The van der Waals surface area contributed by atoms with Crippen LogP contribution in [0.25, 0.3) is 6.08 Å². The first-order chi connectivity index (χ1) is 12.2. The van der Waals surface area contributed by atoms with Crippen LogP contribution in [0.1, 0.15) is 11.1 Å². The summed E-state index contributed by atoms with van der Waals surface area (Å²) in [5.41, 5.74) is -1.90. The fourth-order valence-electron chi connectivity index (χ4n) is 2.05. The summed E-state index contributed by atoms with van der Waals surface area (Å²) in [6.07, 6.45) is -3.58. The Labute approximate surface area is 145 Å². The summed E-state index contributed by atoms with van der Waals surface area (Å²) in [7, 11) is 0. The third-order valence-electron chi connectivity index (χ3n) is 3.25. The molecule has 2 aromatic rings. The first-order valence-corrected chi connectivity index (χ1v) is 7.06. The van der Waals surface area contributed by atoms with Crippen molar-refractivity contribution in [3.8, 4) is 6.07 Å². The van der Waals surface area contributed by atoms with Crippen molar-refractivity contribution >= 4 is 23.4 Å². The van der Waals surface area contributed by atoms with Crippen LogP contribution in [-0.2, 0) is 11.0 Å². The van der Waals surface area contributed by atoms with Crippen LogP contribution in [0, 0.1) is 21.4 Å². The number of anilines is 1. The van der Waals surface area contributed by atoms with Crippen LogP contribution in [0.3, 0.4) is 0 Å². The second kappa shape index (κ2) is 7.48. The number of nitro benzene ring substituents is 1. The largest absolute Gasteiger partial charge is 0.416 e. The average Bonchev–Trinajstić information content (AvgIpc) is 2.59. The van der Waals surface area contributed by atoms with Gasteiger partial charge in [-0.05, 0) is 30.3 Å². The van der Waals surface area contributed by atoms with Crippen LogP contribution in [-0.4, -0.2) is 10.8 Å². The lowest BCUT2D eigenvalue weighted by atomic mass is 10.1.